The fourth-order valence-corrected chi connectivity index (χ4v) is 2.37. The molecule has 25 heavy (non-hydrogen) atoms. The molecule has 0 unspecified atom stereocenters. The molecule has 0 bridgehead atoms. The number of hydrogen-bond donors (Lipinski definition) is 2. The molecule has 1 heterocycles. The summed E-state index contributed by atoms with van der Waals surface area (Å²) in [7, 11) is 0. The molecule has 0 saturated heterocycles. The lowest BCUT2D eigenvalue weighted by molar-refractivity contribution is 0.102. The minimum atomic E-state index is -0.497. The first-order chi connectivity index (χ1) is 12.0. The van der Waals surface area contributed by atoms with E-state index in [-0.39, 0.29) is 17.2 Å². The summed E-state index contributed by atoms with van der Waals surface area (Å²) in [6.45, 7) is 0. The van der Waals surface area contributed by atoms with E-state index in [1.165, 1.54) is 24.5 Å². The molecule has 0 fully saturated rings. The summed E-state index contributed by atoms with van der Waals surface area (Å²) in [6.07, 6.45) is 1.21. The maximum Gasteiger partial charge on any atom is 0.274 e. The molecular formula is C17H11Cl2FN4O. The Bertz CT molecular complexity index is 936. The summed E-state index contributed by atoms with van der Waals surface area (Å²) in [5, 5.41) is 6.20. The van der Waals surface area contributed by atoms with Crippen molar-refractivity contribution < 1.29 is 9.18 Å². The number of nitrogens with zero attached hydrogens (tertiary/aromatic N) is 2. The summed E-state index contributed by atoms with van der Waals surface area (Å²) in [4.78, 5) is 20.2. The van der Waals surface area contributed by atoms with Gasteiger partial charge in [0.1, 0.15) is 23.7 Å². The third-order valence-corrected chi connectivity index (χ3v) is 3.78. The second kappa shape index (κ2) is 7.46. The van der Waals surface area contributed by atoms with Crippen molar-refractivity contribution >= 4 is 46.3 Å². The first-order valence-electron chi connectivity index (χ1n) is 7.13. The second-order valence-electron chi connectivity index (χ2n) is 4.97. The number of benzene rings is 2. The zero-order chi connectivity index (χ0) is 17.8. The van der Waals surface area contributed by atoms with Gasteiger partial charge in [0.15, 0.2) is 0 Å². The summed E-state index contributed by atoms with van der Waals surface area (Å²) in [5.74, 6) is -0.650. The third-order valence-electron chi connectivity index (χ3n) is 3.21. The van der Waals surface area contributed by atoms with Crippen LogP contribution < -0.4 is 10.6 Å². The van der Waals surface area contributed by atoms with Gasteiger partial charge in [-0.25, -0.2) is 14.4 Å². The van der Waals surface area contributed by atoms with E-state index in [0.717, 1.165) is 0 Å². The number of amides is 1. The quantitative estimate of drug-likeness (QED) is 0.678. The Morgan fingerprint density at radius 3 is 2.60 bits per heavy atom. The lowest BCUT2D eigenvalue weighted by atomic mass is 10.3. The molecule has 1 aromatic heterocycles. The lowest BCUT2D eigenvalue weighted by Gasteiger charge is -2.09. The SMILES string of the molecule is O=C(Nc1cc(Cl)ccc1Cl)c1cc(Nc2ccccc2F)ncn1. The monoisotopic (exact) mass is 376 g/mol. The van der Waals surface area contributed by atoms with Gasteiger partial charge in [0.2, 0.25) is 0 Å². The predicted molar refractivity (Wildman–Crippen MR) is 96.1 cm³/mol. The van der Waals surface area contributed by atoms with Crippen LogP contribution in [0.4, 0.5) is 21.6 Å². The van der Waals surface area contributed by atoms with Gasteiger partial charge in [-0.1, -0.05) is 35.3 Å². The van der Waals surface area contributed by atoms with E-state index in [2.05, 4.69) is 20.6 Å². The highest BCUT2D eigenvalue weighted by molar-refractivity contribution is 6.35. The van der Waals surface area contributed by atoms with Gasteiger partial charge in [0.05, 0.1) is 16.4 Å². The molecule has 3 aromatic rings. The highest BCUT2D eigenvalue weighted by atomic mass is 35.5. The van der Waals surface area contributed by atoms with Crippen LogP contribution in [0.15, 0.2) is 54.9 Å². The van der Waals surface area contributed by atoms with Crippen LogP contribution in [0.3, 0.4) is 0 Å². The molecule has 0 spiro atoms. The Kier molecular flexibility index (Phi) is 5.11. The van der Waals surface area contributed by atoms with Gasteiger partial charge in [0, 0.05) is 11.1 Å². The zero-order valence-electron chi connectivity index (χ0n) is 12.6. The molecular weight excluding hydrogens is 366 g/mol. The lowest BCUT2D eigenvalue weighted by Crippen LogP contribution is -2.14. The number of aromatic nitrogens is 2. The van der Waals surface area contributed by atoms with E-state index in [4.69, 9.17) is 23.2 Å². The number of halogens is 3. The second-order valence-corrected chi connectivity index (χ2v) is 5.82. The highest BCUT2D eigenvalue weighted by Crippen LogP contribution is 2.26. The molecule has 126 valence electrons. The van der Waals surface area contributed by atoms with Crippen LogP contribution in [0.5, 0.6) is 0 Å². The highest BCUT2D eigenvalue weighted by Gasteiger charge is 2.12. The molecule has 5 nitrogen and oxygen atoms in total. The van der Waals surface area contributed by atoms with Crippen molar-refractivity contribution in [1.29, 1.82) is 0 Å². The smallest absolute Gasteiger partial charge is 0.274 e. The van der Waals surface area contributed by atoms with Crippen LogP contribution in [0.25, 0.3) is 0 Å². The van der Waals surface area contributed by atoms with Crippen molar-refractivity contribution in [3.63, 3.8) is 0 Å². The van der Waals surface area contributed by atoms with E-state index in [1.54, 1.807) is 30.3 Å². The minimum absolute atomic E-state index is 0.0879. The maximum absolute atomic E-state index is 13.7. The molecule has 0 aliphatic carbocycles. The van der Waals surface area contributed by atoms with Crippen LogP contribution >= 0.6 is 23.2 Å². The van der Waals surface area contributed by atoms with Crippen molar-refractivity contribution in [2.45, 2.75) is 0 Å². The van der Waals surface area contributed by atoms with E-state index < -0.39 is 11.7 Å². The molecule has 2 N–H and O–H groups in total. The normalized spacial score (nSPS) is 10.4. The van der Waals surface area contributed by atoms with Gasteiger partial charge in [-0.05, 0) is 30.3 Å². The molecule has 1 amide bonds. The van der Waals surface area contributed by atoms with Crippen LogP contribution in [0.2, 0.25) is 10.0 Å². The molecule has 2 aromatic carbocycles. The van der Waals surface area contributed by atoms with E-state index in [0.29, 0.717) is 15.7 Å². The standard InChI is InChI=1S/C17H11Cl2FN4O/c18-10-5-6-11(19)14(7-10)24-17(25)15-8-16(22-9-21-15)23-13-4-2-1-3-12(13)20/h1-9H,(H,24,25)(H,21,22,23). The first kappa shape index (κ1) is 17.1. The minimum Gasteiger partial charge on any atom is -0.338 e. The zero-order valence-corrected chi connectivity index (χ0v) is 14.1. The maximum atomic E-state index is 13.7. The Hall–Kier alpha value is -2.70. The molecule has 0 radical (unpaired) electrons. The first-order valence-corrected chi connectivity index (χ1v) is 7.88. The van der Waals surface area contributed by atoms with Gasteiger partial charge >= 0.3 is 0 Å². The number of hydrogen-bond acceptors (Lipinski definition) is 4. The molecule has 0 atom stereocenters. The van der Waals surface area contributed by atoms with Crippen molar-refractivity contribution in [2.75, 3.05) is 10.6 Å². The van der Waals surface area contributed by atoms with Gasteiger partial charge in [-0.15, -0.1) is 0 Å². The number of nitrogens with one attached hydrogen (secondary N) is 2. The van der Waals surface area contributed by atoms with Crippen LogP contribution in [-0.4, -0.2) is 15.9 Å². The summed E-state index contributed by atoms with van der Waals surface area (Å²) in [5.41, 5.74) is 0.691. The summed E-state index contributed by atoms with van der Waals surface area (Å²) < 4.78 is 13.7. The fraction of sp³-hybridized carbons (Fsp3) is 0. The number of anilines is 3. The van der Waals surface area contributed by atoms with Crippen LogP contribution in [-0.2, 0) is 0 Å². The fourth-order valence-electron chi connectivity index (χ4n) is 2.03. The average molecular weight is 377 g/mol. The van der Waals surface area contributed by atoms with Gasteiger partial charge in [-0.3, -0.25) is 4.79 Å². The van der Waals surface area contributed by atoms with Crippen molar-refractivity contribution in [3.05, 3.63) is 76.4 Å². The molecule has 3 rings (SSSR count). The van der Waals surface area contributed by atoms with Crippen molar-refractivity contribution in [2.24, 2.45) is 0 Å². The molecule has 0 aliphatic rings. The van der Waals surface area contributed by atoms with Gasteiger partial charge < -0.3 is 10.6 Å². The number of carbonyl (C=O) groups excluding carboxylic acids is 1. The Balaban J connectivity index is 1.80. The van der Waals surface area contributed by atoms with Crippen LogP contribution in [0.1, 0.15) is 10.5 Å². The topological polar surface area (TPSA) is 66.9 Å². The Morgan fingerprint density at radius 2 is 1.80 bits per heavy atom. The average Bonchev–Trinajstić information content (AvgIpc) is 2.60. The van der Waals surface area contributed by atoms with E-state index in [9.17, 15) is 9.18 Å². The molecule has 0 aliphatic heterocycles. The van der Waals surface area contributed by atoms with Gasteiger partial charge in [-0.2, -0.15) is 0 Å². The van der Waals surface area contributed by atoms with Crippen LogP contribution in [0, 0.1) is 5.82 Å². The Morgan fingerprint density at radius 1 is 1.00 bits per heavy atom. The van der Waals surface area contributed by atoms with Gasteiger partial charge in [0.25, 0.3) is 5.91 Å². The van der Waals surface area contributed by atoms with E-state index in [1.807, 2.05) is 0 Å². The van der Waals surface area contributed by atoms with Crippen molar-refractivity contribution in [1.82, 2.24) is 9.97 Å². The largest absolute Gasteiger partial charge is 0.338 e. The van der Waals surface area contributed by atoms with E-state index >= 15 is 0 Å². The number of carbonyl (C=O) groups is 1. The predicted octanol–water partition coefficient (Wildman–Crippen LogP) is 4.92. The number of rotatable bonds is 4. The molecule has 8 heteroatoms. The third kappa shape index (κ3) is 4.23. The number of para-hydroxylation sites is 1. The molecule has 0 saturated carbocycles. The summed E-state index contributed by atoms with van der Waals surface area (Å²) >= 11 is 11.9. The Labute approximate surface area is 152 Å². The van der Waals surface area contributed by atoms with Crippen molar-refractivity contribution in [3.8, 4) is 0 Å². The summed E-state index contributed by atoms with van der Waals surface area (Å²) in [6, 6.07) is 12.3.